The number of aliphatic hydroxyl groups is 1. The Morgan fingerprint density at radius 1 is 1.10 bits per heavy atom. The third-order valence-corrected chi connectivity index (χ3v) is 9.38. The highest BCUT2D eigenvalue weighted by Gasteiger charge is 2.48. The number of amides is 1. The molecule has 3 aromatic carbocycles. The molecule has 1 aliphatic rings. The molecular formula is C30H25BrClN3O4S2. The number of unbranched alkanes of at least 4 members (excludes halogenated alkanes) is 1. The minimum absolute atomic E-state index is 0.0202. The maximum absolute atomic E-state index is 13.5. The number of aromatic nitrogens is 2. The lowest BCUT2D eigenvalue weighted by Crippen LogP contribution is -2.29. The number of hydrogen-bond acceptors (Lipinski definition) is 8. The summed E-state index contributed by atoms with van der Waals surface area (Å²) in [5.74, 6) is -0.616. The Kier molecular flexibility index (Phi) is 9.44. The Morgan fingerprint density at radius 2 is 1.88 bits per heavy atom. The second kappa shape index (κ2) is 13.2. The summed E-state index contributed by atoms with van der Waals surface area (Å²) in [4.78, 5) is 28.2. The quantitative estimate of drug-likeness (QED) is 0.0456. The maximum Gasteiger partial charge on any atom is 0.301 e. The lowest BCUT2D eigenvalue weighted by molar-refractivity contribution is -0.132. The first kappa shape index (κ1) is 29.3. The zero-order valence-electron chi connectivity index (χ0n) is 21.9. The van der Waals surface area contributed by atoms with Crippen LogP contribution in [-0.2, 0) is 15.3 Å². The molecule has 0 bridgehead atoms. The predicted octanol–water partition coefficient (Wildman–Crippen LogP) is 8.05. The van der Waals surface area contributed by atoms with Crippen molar-refractivity contribution in [1.29, 1.82) is 0 Å². The van der Waals surface area contributed by atoms with Gasteiger partial charge in [0.2, 0.25) is 5.13 Å². The van der Waals surface area contributed by atoms with Gasteiger partial charge >= 0.3 is 5.91 Å². The van der Waals surface area contributed by atoms with Gasteiger partial charge in [-0.05, 0) is 60.0 Å². The normalized spacial score (nSPS) is 16.4. The summed E-state index contributed by atoms with van der Waals surface area (Å²) in [6.45, 7) is 2.68. The average molecular weight is 671 g/mol. The monoisotopic (exact) mass is 669 g/mol. The van der Waals surface area contributed by atoms with Gasteiger partial charge in [-0.15, -0.1) is 10.2 Å². The summed E-state index contributed by atoms with van der Waals surface area (Å²) < 4.78 is 7.11. The third-order valence-electron chi connectivity index (χ3n) is 6.41. The third kappa shape index (κ3) is 6.51. The van der Waals surface area contributed by atoms with E-state index in [-0.39, 0.29) is 16.5 Å². The Bertz CT molecular complexity index is 1610. The first-order chi connectivity index (χ1) is 19.9. The molecule has 7 nitrogen and oxygen atoms in total. The molecule has 1 amide bonds. The van der Waals surface area contributed by atoms with Crippen LogP contribution < -0.4 is 9.64 Å². The number of rotatable bonds is 10. The number of benzene rings is 3. The summed E-state index contributed by atoms with van der Waals surface area (Å²) in [5.41, 5.74) is 1.97. The van der Waals surface area contributed by atoms with Crippen LogP contribution in [0, 0.1) is 0 Å². The van der Waals surface area contributed by atoms with Crippen LogP contribution in [0.15, 0.2) is 87.2 Å². The number of nitrogens with zero attached hydrogens (tertiary/aromatic N) is 3. The van der Waals surface area contributed by atoms with Gasteiger partial charge in [0.15, 0.2) is 4.34 Å². The van der Waals surface area contributed by atoms with Crippen molar-refractivity contribution in [3.63, 3.8) is 0 Å². The Hall–Kier alpha value is -3.18. The molecule has 5 rings (SSSR count). The molecule has 0 spiro atoms. The van der Waals surface area contributed by atoms with Crippen molar-refractivity contribution in [3.8, 4) is 5.75 Å². The molecule has 4 aromatic rings. The van der Waals surface area contributed by atoms with Gasteiger partial charge in [-0.2, -0.15) is 0 Å². The first-order valence-corrected chi connectivity index (χ1v) is 15.8. The largest absolute Gasteiger partial charge is 0.507 e. The molecular weight excluding hydrogens is 646 g/mol. The van der Waals surface area contributed by atoms with E-state index < -0.39 is 17.7 Å². The molecule has 1 atom stereocenters. The van der Waals surface area contributed by atoms with Crippen LogP contribution in [0.1, 0.15) is 42.5 Å². The van der Waals surface area contributed by atoms with Crippen molar-refractivity contribution in [2.24, 2.45) is 0 Å². The fourth-order valence-electron chi connectivity index (χ4n) is 4.33. The molecule has 210 valence electrons. The van der Waals surface area contributed by atoms with Crippen LogP contribution in [0.5, 0.6) is 5.75 Å². The van der Waals surface area contributed by atoms with E-state index in [1.165, 1.54) is 28.0 Å². The topological polar surface area (TPSA) is 92.6 Å². The van der Waals surface area contributed by atoms with E-state index in [1.54, 1.807) is 30.3 Å². The highest BCUT2D eigenvalue weighted by molar-refractivity contribution is 9.10. The van der Waals surface area contributed by atoms with Gasteiger partial charge in [0.05, 0.1) is 18.2 Å². The van der Waals surface area contributed by atoms with Crippen molar-refractivity contribution in [2.75, 3.05) is 11.5 Å². The SMILES string of the molecule is CCCCOc1ccc(C(O)=C2C(=O)C(=O)N(c3nnc(SCc4ccccc4Cl)s3)[C@@H]2c2cccc(Br)c2)cc1. The highest BCUT2D eigenvalue weighted by Crippen LogP contribution is 2.44. The van der Waals surface area contributed by atoms with E-state index in [9.17, 15) is 14.7 Å². The van der Waals surface area contributed by atoms with Crippen molar-refractivity contribution < 1.29 is 19.4 Å². The summed E-state index contributed by atoms with van der Waals surface area (Å²) in [6, 6.07) is 20.8. The number of thioether (sulfide) groups is 1. The van der Waals surface area contributed by atoms with E-state index in [1.807, 2.05) is 42.5 Å². The lowest BCUT2D eigenvalue weighted by Gasteiger charge is -2.22. The number of ketones is 1. The Labute approximate surface area is 259 Å². The van der Waals surface area contributed by atoms with Crippen LogP contribution >= 0.6 is 50.6 Å². The number of carbonyl (C=O) groups is 2. The second-order valence-corrected chi connectivity index (χ2v) is 12.7. The Morgan fingerprint density at radius 3 is 2.61 bits per heavy atom. The van der Waals surface area contributed by atoms with Gasteiger partial charge in [0, 0.05) is 20.8 Å². The van der Waals surface area contributed by atoms with Gasteiger partial charge in [0.25, 0.3) is 5.78 Å². The van der Waals surface area contributed by atoms with E-state index >= 15 is 0 Å². The molecule has 1 saturated heterocycles. The van der Waals surface area contributed by atoms with Crippen LogP contribution in [0.3, 0.4) is 0 Å². The number of Topliss-reactive ketones (excluding diaryl/α,β-unsaturated/α-hetero) is 1. The van der Waals surface area contributed by atoms with Gasteiger partial charge < -0.3 is 9.84 Å². The van der Waals surface area contributed by atoms with Gasteiger partial charge in [-0.25, -0.2) is 0 Å². The van der Waals surface area contributed by atoms with Crippen molar-refractivity contribution in [1.82, 2.24) is 10.2 Å². The van der Waals surface area contributed by atoms with E-state index in [4.69, 9.17) is 16.3 Å². The first-order valence-electron chi connectivity index (χ1n) is 12.9. The summed E-state index contributed by atoms with van der Waals surface area (Å²) in [7, 11) is 0. The summed E-state index contributed by atoms with van der Waals surface area (Å²) in [5, 5.41) is 20.8. The van der Waals surface area contributed by atoms with Gasteiger partial charge in [0.1, 0.15) is 11.5 Å². The zero-order valence-corrected chi connectivity index (χ0v) is 25.9. The molecule has 0 unspecified atom stereocenters. The van der Waals surface area contributed by atoms with Crippen LogP contribution in [-0.4, -0.2) is 33.6 Å². The average Bonchev–Trinajstić information content (AvgIpc) is 3.54. The number of carbonyl (C=O) groups excluding carboxylic acids is 2. The lowest BCUT2D eigenvalue weighted by atomic mass is 9.95. The van der Waals surface area contributed by atoms with E-state index in [0.717, 1.165) is 22.9 Å². The zero-order chi connectivity index (χ0) is 28.9. The van der Waals surface area contributed by atoms with Crippen molar-refractivity contribution >= 4 is 73.2 Å². The van der Waals surface area contributed by atoms with Crippen molar-refractivity contribution in [2.45, 2.75) is 35.9 Å². The molecule has 41 heavy (non-hydrogen) atoms. The molecule has 2 heterocycles. The smallest absolute Gasteiger partial charge is 0.301 e. The number of halogens is 2. The highest BCUT2D eigenvalue weighted by atomic mass is 79.9. The summed E-state index contributed by atoms with van der Waals surface area (Å²) in [6.07, 6.45) is 1.95. The van der Waals surface area contributed by atoms with E-state index in [0.29, 0.717) is 38.6 Å². The van der Waals surface area contributed by atoms with Crippen LogP contribution in [0.25, 0.3) is 5.76 Å². The molecule has 1 aliphatic heterocycles. The molecule has 0 saturated carbocycles. The number of ether oxygens (including phenoxy) is 1. The number of anilines is 1. The summed E-state index contributed by atoms with van der Waals surface area (Å²) >= 11 is 12.4. The maximum atomic E-state index is 13.5. The molecule has 1 aromatic heterocycles. The minimum Gasteiger partial charge on any atom is -0.507 e. The standard InChI is InChI=1S/C30H25BrClN3O4S2/c1-2-3-15-39-22-13-11-18(12-14-22)26(36)24-25(19-8-6-9-21(31)16-19)35(28(38)27(24)37)29-33-34-30(41-29)40-17-20-7-4-5-10-23(20)32/h4-14,16,25,36H,2-3,15,17H2,1H3/t25-/m1/s1. The number of hydrogen-bond donors (Lipinski definition) is 1. The fourth-order valence-corrected chi connectivity index (χ4v) is 6.90. The molecule has 0 aliphatic carbocycles. The predicted molar refractivity (Wildman–Crippen MR) is 167 cm³/mol. The van der Waals surface area contributed by atoms with Crippen molar-refractivity contribution in [3.05, 3.63) is 105 Å². The molecule has 1 fully saturated rings. The van der Waals surface area contributed by atoms with Gasteiger partial charge in [-0.1, -0.05) is 94.3 Å². The fraction of sp³-hybridized carbons (Fsp3) is 0.200. The number of aliphatic hydroxyl groups excluding tert-OH is 1. The van der Waals surface area contributed by atoms with Gasteiger partial charge in [-0.3, -0.25) is 14.5 Å². The molecule has 11 heteroatoms. The van der Waals surface area contributed by atoms with Crippen LogP contribution in [0.2, 0.25) is 5.02 Å². The minimum atomic E-state index is -0.901. The van der Waals surface area contributed by atoms with E-state index in [2.05, 4.69) is 33.1 Å². The van der Waals surface area contributed by atoms with Crippen LogP contribution in [0.4, 0.5) is 5.13 Å². The molecule has 0 radical (unpaired) electrons. The second-order valence-electron chi connectivity index (χ2n) is 9.18. The molecule has 1 N–H and O–H groups in total. The Balaban J connectivity index is 1.49.